The number of aliphatic carboxylic acids is 1. The van der Waals surface area contributed by atoms with Crippen molar-refractivity contribution in [2.24, 2.45) is 0 Å². The zero-order valence-corrected chi connectivity index (χ0v) is 8.17. The highest BCUT2D eigenvalue weighted by atomic mass is 32.2. The molecule has 0 saturated heterocycles. The van der Waals surface area contributed by atoms with Gasteiger partial charge in [-0.3, -0.25) is 4.79 Å². The van der Waals surface area contributed by atoms with Gasteiger partial charge in [0, 0.05) is 5.75 Å². The molecule has 0 spiro atoms. The van der Waals surface area contributed by atoms with Crippen molar-refractivity contribution >= 4 is 17.7 Å². The number of carboxylic acid groups (broad SMARTS) is 1. The molecule has 1 aromatic carbocycles. The molecule has 2 nitrogen and oxygen atoms in total. The molecule has 0 aliphatic heterocycles. The molecule has 0 aromatic heterocycles. The molecule has 0 heterocycles. The van der Waals surface area contributed by atoms with Gasteiger partial charge in [-0.05, 0) is 12.5 Å². The van der Waals surface area contributed by atoms with Crippen LogP contribution in [0, 0.1) is 5.25 Å². The molecule has 0 amide bonds. The zero-order chi connectivity index (χ0) is 9.68. The van der Waals surface area contributed by atoms with Crippen molar-refractivity contribution in [1.82, 2.24) is 0 Å². The van der Waals surface area contributed by atoms with Crippen molar-refractivity contribution in [2.75, 3.05) is 0 Å². The second kappa shape index (κ2) is 4.92. The van der Waals surface area contributed by atoms with Gasteiger partial charge in [-0.25, -0.2) is 0 Å². The van der Waals surface area contributed by atoms with Crippen LogP contribution in [0.15, 0.2) is 30.3 Å². The van der Waals surface area contributed by atoms with Gasteiger partial charge in [-0.1, -0.05) is 30.3 Å². The summed E-state index contributed by atoms with van der Waals surface area (Å²) in [5.74, 6) is -0.111. The standard InChI is InChI=1S/C10H11O2S/c1-8(10(11)12)13-7-9-5-3-2-4-6-9/h2-6H,7H2,1H3,(H,11,12). The van der Waals surface area contributed by atoms with Gasteiger partial charge in [-0.15, -0.1) is 11.8 Å². The Kier molecular flexibility index (Phi) is 3.83. The molecule has 0 unspecified atom stereocenters. The molecule has 0 saturated carbocycles. The van der Waals surface area contributed by atoms with E-state index in [1.165, 1.54) is 11.8 Å². The van der Waals surface area contributed by atoms with Crippen molar-refractivity contribution in [3.05, 3.63) is 41.1 Å². The van der Waals surface area contributed by atoms with Crippen LogP contribution < -0.4 is 0 Å². The van der Waals surface area contributed by atoms with Crippen LogP contribution in [0.1, 0.15) is 12.5 Å². The summed E-state index contributed by atoms with van der Waals surface area (Å²) < 4.78 is 0. The molecule has 0 atom stereocenters. The van der Waals surface area contributed by atoms with E-state index >= 15 is 0 Å². The highest BCUT2D eigenvalue weighted by molar-refractivity contribution is 8.02. The lowest BCUT2D eigenvalue weighted by molar-refractivity contribution is -0.133. The van der Waals surface area contributed by atoms with Gasteiger partial charge >= 0.3 is 5.97 Å². The first-order chi connectivity index (χ1) is 6.20. The van der Waals surface area contributed by atoms with Gasteiger partial charge in [0.25, 0.3) is 0 Å². The molecule has 1 N–H and O–H groups in total. The molecule has 1 rings (SSSR count). The number of carbonyl (C=O) groups is 1. The molecule has 0 aliphatic rings. The molecule has 0 aliphatic carbocycles. The Balaban J connectivity index is 2.39. The van der Waals surface area contributed by atoms with Crippen molar-refractivity contribution in [3.63, 3.8) is 0 Å². The Bertz CT molecular complexity index is 272. The topological polar surface area (TPSA) is 37.3 Å². The molecular formula is C10H11O2S. The van der Waals surface area contributed by atoms with E-state index in [4.69, 9.17) is 5.11 Å². The minimum Gasteiger partial charge on any atom is -0.480 e. The zero-order valence-electron chi connectivity index (χ0n) is 7.36. The Morgan fingerprint density at radius 3 is 2.54 bits per heavy atom. The highest BCUT2D eigenvalue weighted by Crippen LogP contribution is 2.22. The minimum atomic E-state index is -0.832. The van der Waals surface area contributed by atoms with E-state index in [0.717, 1.165) is 11.3 Å². The summed E-state index contributed by atoms with van der Waals surface area (Å²) in [5.41, 5.74) is 1.15. The van der Waals surface area contributed by atoms with Crippen LogP contribution in [0.2, 0.25) is 0 Å². The number of thioether (sulfide) groups is 1. The van der Waals surface area contributed by atoms with Gasteiger partial charge in [0.15, 0.2) is 0 Å². The van der Waals surface area contributed by atoms with E-state index in [1.54, 1.807) is 6.92 Å². The summed E-state index contributed by atoms with van der Waals surface area (Å²) in [6, 6.07) is 9.82. The van der Waals surface area contributed by atoms with E-state index in [9.17, 15) is 4.79 Å². The number of rotatable bonds is 4. The molecule has 0 bridgehead atoms. The maximum Gasteiger partial charge on any atom is 0.321 e. The Morgan fingerprint density at radius 2 is 2.00 bits per heavy atom. The predicted octanol–water partition coefficient (Wildman–Crippen LogP) is 2.56. The van der Waals surface area contributed by atoms with E-state index < -0.39 is 5.97 Å². The summed E-state index contributed by atoms with van der Waals surface area (Å²) in [7, 11) is 0. The molecule has 3 heteroatoms. The Labute approximate surface area is 82.0 Å². The predicted molar refractivity (Wildman–Crippen MR) is 54.3 cm³/mol. The van der Waals surface area contributed by atoms with Crippen LogP contribution in [-0.2, 0) is 10.5 Å². The van der Waals surface area contributed by atoms with Crippen molar-refractivity contribution in [1.29, 1.82) is 0 Å². The molecule has 13 heavy (non-hydrogen) atoms. The van der Waals surface area contributed by atoms with Crippen LogP contribution in [0.5, 0.6) is 0 Å². The summed E-state index contributed by atoms with van der Waals surface area (Å²) in [4.78, 5) is 10.5. The second-order valence-corrected chi connectivity index (χ2v) is 3.83. The number of hydrogen-bond acceptors (Lipinski definition) is 2. The summed E-state index contributed by atoms with van der Waals surface area (Å²) in [6.45, 7) is 1.62. The number of benzene rings is 1. The van der Waals surface area contributed by atoms with Gasteiger partial charge in [0.1, 0.15) is 5.25 Å². The summed E-state index contributed by atoms with van der Waals surface area (Å²) in [6.07, 6.45) is 0. The monoisotopic (exact) mass is 195 g/mol. The molecule has 1 radical (unpaired) electrons. The maximum absolute atomic E-state index is 10.5. The first kappa shape index (κ1) is 10.1. The third kappa shape index (κ3) is 3.51. The Hall–Kier alpha value is -0.960. The van der Waals surface area contributed by atoms with Crippen molar-refractivity contribution < 1.29 is 9.90 Å². The summed E-state index contributed by atoms with van der Waals surface area (Å²) in [5, 5.41) is 9.04. The second-order valence-electron chi connectivity index (χ2n) is 2.64. The van der Waals surface area contributed by atoms with E-state index in [2.05, 4.69) is 0 Å². The van der Waals surface area contributed by atoms with E-state index in [1.807, 2.05) is 30.3 Å². The summed E-state index contributed by atoms with van der Waals surface area (Å²) >= 11 is 1.35. The lowest BCUT2D eigenvalue weighted by atomic mass is 10.2. The first-order valence-corrected chi connectivity index (χ1v) is 4.92. The lowest BCUT2D eigenvalue weighted by Gasteiger charge is -2.04. The fourth-order valence-electron chi connectivity index (χ4n) is 0.828. The van der Waals surface area contributed by atoms with Crippen LogP contribution in [0.25, 0.3) is 0 Å². The average molecular weight is 195 g/mol. The van der Waals surface area contributed by atoms with Crippen LogP contribution in [-0.4, -0.2) is 11.1 Å². The van der Waals surface area contributed by atoms with E-state index in [0.29, 0.717) is 5.25 Å². The minimum absolute atomic E-state index is 0.434. The average Bonchev–Trinajstić information content (AvgIpc) is 2.15. The largest absolute Gasteiger partial charge is 0.480 e. The van der Waals surface area contributed by atoms with Crippen molar-refractivity contribution in [3.8, 4) is 0 Å². The number of carboxylic acids is 1. The number of hydrogen-bond donors (Lipinski definition) is 1. The quantitative estimate of drug-likeness (QED) is 0.802. The van der Waals surface area contributed by atoms with Gasteiger partial charge in [0.2, 0.25) is 0 Å². The normalized spacial score (nSPS) is 10.3. The molecule has 0 fully saturated rings. The fourth-order valence-corrected chi connectivity index (χ4v) is 1.53. The SMILES string of the molecule is C[C](SCc1ccccc1)C(=O)O. The first-order valence-electron chi connectivity index (χ1n) is 3.93. The van der Waals surface area contributed by atoms with E-state index in [-0.39, 0.29) is 0 Å². The van der Waals surface area contributed by atoms with Crippen LogP contribution in [0.4, 0.5) is 0 Å². The maximum atomic E-state index is 10.5. The van der Waals surface area contributed by atoms with Crippen LogP contribution >= 0.6 is 11.8 Å². The third-order valence-corrected chi connectivity index (χ3v) is 2.68. The lowest BCUT2D eigenvalue weighted by Crippen LogP contribution is -2.02. The molecular weight excluding hydrogens is 184 g/mol. The van der Waals surface area contributed by atoms with Crippen molar-refractivity contribution in [2.45, 2.75) is 12.7 Å². The molecule has 69 valence electrons. The molecule has 1 aromatic rings. The van der Waals surface area contributed by atoms with Crippen LogP contribution in [0.3, 0.4) is 0 Å². The van der Waals surface area contributed by atoms with Gasteiger partial charge in [-0.2, -0.15) is 0 Å². The fraction of sp³-hybridized carbons (Fsp3) is 0.200. The third-order valence-electron chi connectivity index (χ3n) is 1.60. The van der Waals surface area contributed by atoms with Gasteiger partial charge in [0.05, 0.1) is 0 Å². The highest BCUT2D eigenvalue weighted by Gasteiger charge is 2.11. The Morgan fingerprint density at radius 1 is 1.38 bits per heavy atom. The van der Waals surface area contributed by atoms with Gasteiger partial charge < -0.3 is 5.11 Å². The smallest absolute Gasteiger partial charge is 0.321 e.